The van der Waals surface area contributed by atoms with Gasteiger partial charge in [-0.1, -0.05) is 18.2 Å². The highest BCUT2D eigenvalue weighted by atomic mass is 16.6. The number of urea groups is 1. The van der Waals surface area contributed by atoms with Crippen molar-refractivity contribution in [2.24, 2.45) is 0 Å². The predicted molar refractivity (Wildman–Crippen MR) is 219 cm³/mol. The smallest absolute Gasteiger partial charge is 0.340 e. The molecule has 3 aliphatic heterocycles. The molecule has 1 saturated heterocycles. The number of phenols is 2. The number of hydrogen-bond donors (Lipinski definition) is 4. The summed E-state index contributed by atoms with van der Waals surface area (Å²) >= 11 is 0. The van der Waals surface area contributed by atoms with Crippen molar-refractivity contribution >= 4 is 52.4 Å². The number of aromatic hydroxyl groups is 2. The SMILES string of the molecule is CC(=O)OC[C@H]1O[C@@H](n2cnc3c(OCCc4ccc([N+](=O)[O-])cc4)nc(NC(=O)Nc4ccc5c(c4)C(=O)OC54c5ccc(O)cc5Oc5cc(O)ccc54)nc32)C[C@@H]1OC(C)=O. The summed E-state index contributed by atoms with van der Waals surface area (Å²) in [5, 5.41) is 36.9. The van der Waals surface area contributed by atoms with Crippen LogP contribution in [-0.4, -0.2) is 84.0 Å². The number of anilines is 2. The van der Waals surface area contributed by atoms with Crippen molar-refractivity contribution in [2.45, 2.75) is 50.7 Å². The summed E-state index contributed by atoms with van der Waals surface area (Å²) in [5.41, 5.74) is 1.08. The van der Waals surface area contributed by atoms with Crippen LogP contribution in [0.4, 0.5) is 22.1 Å². The third kappa shape index (κ3) is 7.63. The van der Waals surface area contributed by atoms with Crippen molar-refractivity contribution in [3.63, 3.8) is 0 Å². The molecule has 21 nitrogen and oxygen atoms in total. The van der Waals surface area contributed by atoms with Gasteiger partial charge in [-0.2, -0.15) is 9.97 Å². The van der Waals surface area contributed by atoms with Crippen molar-refractivity contribution < 1.29 is 62.7 Å². The molecule has 0 bridgehead atoms. The van der Waals surface area contributed by atoms with Crippen molar-refractivity contribution in [1.82, 2.24) is 19.5 Å². The molecule has 2 aromatic heterocycles. The first-order valence-corrected chi connectivity index (χ1v) is 19.6. The number of imidazole rings is 1. The molecule has 0 unspecified atom stereocenters. The molecule has 4 aromatic carbocycles. The number of nitro groups is 1. The standard InChI is InChI=1S/C43H35N7O14/c1-21(51)60-19-35-34(61-22(2)52)18-36(63-35)49-20-44-37-38(49)46-41(47-39(37)59-14-13-23-3-6-25(7-4-23)50(57)58)48-42(56)45-24-5-10-29-28(15-24)40(55)64-43(29)30-11-8-26(53)16-32(30)62-33-17-27(54)9-12-31(33)43/h3-12,15-17,20,34-36,53-54H,13-14,18-19H2,1-2H3,(H2,45,46,47,48,56)/t34-,35+,36+/m0/s1. The summed E-state index contributed by atoms with van der Waals surface area (Å²) in [6, 6.07) is 18.6. The lowest BCUT2D eigenvalue weighted by Gasteiger charge is -2.36. The quantitative estimate of drug-likeness (QED) is 0.0521. The van der Waals surface area contributed by atoms with E-state index >= 15 is 0 Å². The zero-order chi connectivity index (χ0) is 44.9. The highest BCUT2D eigenvalue weighted by molar-refractivity contribution is 6.02. The Kier molecular flexibility index (Phi) is 10.4. The number of hydrogen-bond acceptors (Lipinski definition) is 17. The summed E-state index contributed by atoms with van der Waals surface area (Å²) in [6.45, 7) is 2.33. The number of carbonyl (C=O) groups is 4. The second-order valence-electron chi connectivity index (χ2n) is 14.9. The van der Waals surface area contributed by atoms with Crippen LogP contribution in [0.15, 0.2) is 85.2 Å². The minimum atomic E-state index is -1.51. The van der Waals surface area contributed by atoms with Gasteiger partial charge in [-0.05, 0) is 42.0 Å². The van der Waals surface area contributed by atoms with E-state index in [1.54, 1.807) is 36.4 Å². The molecule has 21 heteroatoms. The summed E-state index contributed by atoms with van der Waals surface area (Å²) < 4.78 is 36.6. The Morgan fingerprint density at radius 1 is 0.922 bits per heavy atom. The summed E-state index contributed by atoms with van der Waals surface area (Å²) in [4.78, 5) is 75.0. The Bertz CT molecular complexity index is 2850. The average Bonchev–Trinajstić information content (AvgIpc) is 3.93. The lowest BCUT2D eigenvalue weighted by molar-refractivity contribution is -0.384. The number of rotatable bonds is 11. The zero-order valence-electron chi connectivity index (χ0n) is 33.7. The van der Waals surface area contributed by atoms with Crippen molar-refractivity contribution in [3.8, 4) is 28.9 Å². The minimum Gasteiger partial charge on any atom is -0.508 e. The fourth-order valence-corrected chi connectivity index (χ4v) is 7.91. The van der Waals surface area contributed by atoms with E-state index in [1.165, 1.54) is 67.2 Å². The topological polar surface area (TPSA) is 275 Å². The van der Waals surface area contributed by atoms with Crippen LogP contribution in [0.1, 0.15) is 59.1 Å². The maximum absolute atomic E-state index is 13.7. The molecule has 1 spiro atoms. The molecule has 64 heavy (non-hydrogen) atoms. The number of phenolic OH excluding ortho intramolecular Hbond substituents is 2. The van der Waals surface area contributed by atoms with Crippen LogP contribution in [0.5, 0.6) is 28.9 Å². The summed E-state index contributed by atoms with van der Waals surface area (Å²) in [7, 11) is 0. The molecule has 9 rings (SSSR count). The van der Waals surface area contributed by atoms with Crippen LogP contribution in [-0.2, 0) is 40.6 Å². The van der Waals surface area contributed by atoms with Gasteiger partial charge in [0.15, 0.2) is 16.8 Å². The molecule has 326 valence electrons. The van der Waals surface area contributed by atoms with Crippen LogP contribution < -0.4 is 20.1 Å². The number of fused-ring (bicyclic) bond motifs is 7. The van der Waals surface area contributed by atoms with Gasteiger partial charge in [-0.25, -0.2) is 14.6 Å². The number of nitro benzene ring substituents is 1. The molecule has 2 amide bonds. The van der Waals surface area contributed by atoms with Gasteiger partial charge in [0.05, 0.1) is 23.4 Å². The number of aromatic nitrogens is 4. The van der Waals surface area contributed by atoms with Crippen LogP contribution in [0.25, 0.3) is 11.2 Å². The fourth-order valence-electron chi connectivity index (χ4n) is 7.91. The largest absolute Gasteiger partial charge is 0.508 e. The maximum Gasteiger partial charge on any atom is 0.340 e. The fraction of sp³-hybridized carbons (Fsp3) is 0.233. The first-order chi connectivity index (χ1) is 30.7. The normalized spacial score (nSPS) is 17.7. The minimum absolute atomic E-state index is 0.0313. The summed E-state index contributed by atoms with van der Waals surface area (Å²) in [5.74, 6) is -1.86. The van der Waals surface area contributed by atoms with Gasteiger partial charge in [0.2, 0.25) is 11.8 Å². The number of nitrogens with one attached hydrogen (secondary N) is 2. The lowest BCUT2D eigenvalue weighted by atomic mass is 9.77. The van der Waals surface area contributed by atoms with Gasteiger partial charge in [-0.15, -0.1) is 0 Å². The lowest BCUT2D eigenvalue weighted by Crippen LogP contribution is -2.32. The molecule has 0 saturated carbocycles. The van der Waals surface area contributed by atoms with E-state index in [-0.39, 0.29) is 82.6 Å². The predicted octanol–water partition coefficient (Wildman–Crippen LogP) is 5.76. The number of amides is 2. The monoisotopic (exact) mass is 873 g/mol. The molecule has 4 N–H and O–H groups in total. The molecule has 3 aliphatic rings. The Labute approximate surface area is 360 Å². The van der Waals surface area contributed by atoms with Gasteiger partial charge in [-0.3, -0.25) is 29.6 Å². The molecule has 0 aliphatic carbocycles. The number of esters is 3. The van der Waals surface area contributed by atoms with Gasteiger partial charge >= 0.3 is 23.9 Å². The first kappa shape index (κ1) is 41.0. The highest BCUT2D eigenvalue weighted by Gasteiger charge is 2.54. The van der Waals surface area contributed by atoms with E-state index in [9.17, 15) is 39.5 Å². The van der Waals surface area contributed by atoms with Crippen LogP contribution in [0, 0.1) is 10.1 Å². The molecule has 5 heterocycles. The van der Waals surface area contributed by atoms with Crippen molar-refractivity contribution in [2.75, 3.05) is 23.8 Å². The van der Waals surface area contributed by atoms with Crippen LogP contribution in [0.3, 0.4) is 0 Å². The molecular weight excluding hydrogens is 839 g/mol. The molecular formula is C43H35N7O14. The van der Waals surface area contributed by atoms with Gasteiger partial charge in [0.1, 0.15) is 48.0 Å². The zero-order valence-corrected chi connectivity index (χ0v) is 33.7. The Morgan fingerprint density at radius 3 is 2.30 bits per heavy atom. The van der Waals surface area contributed by atoms with Gasteiger partial charge < -0.3 is 44.0 Å². The molecule has 3 atom stereocenters. The van der Waals surface area contributed by atoms with Crippen molar-refractivity contribution in [3.05, 3.63) is 123 Å². The number of carbonyl (C=O) groups excluding carboxylic acids is 4. The Balaban J connectivity index is 1.00. The number of non-ortho nitro benzene ring substituents is 1. The van der Waals surface area contributed by atoms with E-state index in [0.29, 0.717) is 23.1 Å². The van der Waals surface area contributed by atoms with Crippen LogP contribution >= 0.6 is 0 Å². The number of ether oxygens (including phenoxy) is 6. The second kappa shape index (κ2) is 16.2. The Hall–Kier alpha value is -8.33. The molecule has 0 radical (unpaired) electrons. The second-order valence-corrected chi connectivity index (χ2v) is 14.9. The number of nitrogens with zero attached hydrogens (tertiary/aromatic N) is 5. The van der Waals surface area contributed by atoms with Gasteiger partial charge in [0, 0.05) is 73.3 Å². The van der Waals surface area contributed by atoms with Crippen LogP contribution in [0.2, 0.25) is 0 Å². The number of benzene rings is 4. The third-order valence-electron chi connectivity index (χ3n) is 10.7. The van der Waals surface area contributed by atoms with E-state index in [2.05, 4.69) is 25.6 Å². The van der Waals surface area contributed by atoms with E-state index in [1.807, 2.05) is 0 Å². The van der Waals surface area contributed by atoms with Gasteiger partial charge in [0.25, 0.3) is 5.69 Å². The van der Waals surface area contributed by atoms with E-state index in [0.717, 1.165) is 5.56 Å². The third-order valence-corrected chi connectivity index (χ3v) is 10.7. The maximum atomic E-state index is 13.7. The Morgan fingerprint density at radius 2 is 1.62 bits per heavy atom. The van der Waals surface area contributed by atoms with E-state index < -0.39 is 52.9 Å². The average molecular weight is 874 g/mol. The molecule has 6 aromatic rings. The van der Waals surface area contributed by atoms with Crippen molar-refractivity contribution in [1.29, 1.82) is 0 Å². The molecule has 1 fully saturated rings. The first-order valence-electron chi connectivity index (χ1n) is 19.6. The summed E-state index contributed by atoms with van der Waals surface area (Å²) in [6.07, 6.45) is -0.599. The van der Waals surface area contributed by atoms with E-state index in [4.69, 9.17) is 28.4 Å². The highest BCUT2D eigenvalue weighted by Crippen LogP contribution is 2.57.